The quantitative estimate of drug-likeness (QED) is 0.800. The Labute approximate surface area is 108 Å². The third-order valence-electron chi connectivity index (χ3n) is 2.70. The van der Waals surface area contributed by atoms with E-state index in [1.807, 2.05) is 31.2 Å². The highest BCUT2D eigenvalue weighted by atomic mass is 16.5. The summed E-state index contributed by atoms with van der Waals surface area (Å²) < 4.78 is 11.0. The maximum Gasteiger partial charge on any atom is 0.130 e. The summed E-state index contributed by atoms with van der Waals surface area (Å²) in [6, 6.07) is 9.97. The van der Waals surface area contributed by atoms with Gasteiger partial charge in [0.25, 0.3) is 0 Å². The lowest BCUT2D eigenvalue weighted by molar-refractivity contribution is 0.284. The summed E-state index contributed by atoms with van der Waals surface area (Å²) in [5, 5.41) is 12.2. The number of rotatable bonds is 7. The number of hydrogen-bond acceptors (Lipinski definition) is 4. The van der Waals surface area contributed by atoms with E-state index in [1.165, 1.54) is 0 Å². The average molecular weight is 246 g/mol. The van der Waals surface area contributed by atoms with E-state index in [2.05, 4.69) is 11.4 Å². The highest BCUT2D eigenvalue weighted by Gasteiger charge is 2.24. The molecule has 1 aliphatic rings. The molecule has 1 aromatic rings. The average Bonchev–Trinajstić information content (AvgIpc) is 3.19. The second kappa shape index (κ2) is 6.27. The summed E-state index contributed by atoms with van der Waals surface area (Å²) in [5.74, 6) is 1.53. The molecular weight excluding hydrogens is 228 g/mol. The number of nitriles is 1. The van der Waals surface area contributed by atoms with Crippen LogP contribution in [-0.2, 0) is 0 Å². The van der Waals surface area contributed by atoms with Crippen LogP contribution in [0.5, 0.6) is 11.5 Å². The second-order valence-corrected chi connectivity index (χ2v) is 4.34. The number of hydrogen-bond donors (Lipinski definition) is 1. The zero-order valence-corrected chi connectivity index (χ0v) is 10.6. The molecule has 18 heavy (non-hydrogen) atoms. The Morgan fingerprint density at radius 3 is 2.72 bits per heavy atom. The third kappa shape index (κ3) is 3.94. The van der Waals surface area contributed by atoms with Crippen molar-refractivity contribution in [1.82, 2.24) is 5.32 Å². The zero-order valence-electron chi connectivity index (χ0n) is 10.6. The maximum absolute atomic E-state index is 9.00. The van der Waals surface area contributed by atoms with Crippen molar-refractivity contribution in [2.24, 2.45) is 0 Å². The van der Waals surface area contributed by atoms with Crippen molar-refractivity contribution in [3.8, 4) is 17.6 Å². The molecule has 1 saturated carbocycles. The Morgan fingerprint density at radius 1 is 1.39 bits per heavy atom. The molecule has 0 spiro atoms. The standard InChI is InChI=1S/C14H18N2O2/c1-2-17-13-4-3-5-14(8-13)18-10-12(9-15)16-11-6-7-11/h3-5,8,11-12,16H,2,6-7,10H2,1H3. The molecule has 0 bridgehead atoms. The van der Waals surface area contributed by atoms with Gasteiger partial charge >= 0.3 is 0 Å². The molecular formula is C14H18N2O2. The van der Waals surface area contributed by atoms with Crippen LogP contribution in [0.1, 0.15) is 19.8 Å². The summed E-state index contributed by atoms with van der Waals surface area (Å²) in [4.78, 5) is 0. The Balaban J connectivity index is 1.84. The smallest absolute Gasteiger partial charge is 0.130 e. The van der Waals surface area contributed by atoms with Gasteiger partial charge in [0.2, 0.25) is 0 Å². The van der Waals surface area contributed by atoms with E-state index < -0.39 is 0 Å². The van der Waals surface area contributed by atoms with Crippen LogP contribution in [0.3, 0.4) is 0 Å². The predicted octanol–water partition coefficient (Wildman–Crippen LogP) is 2.11. The molecule has 1 fully saturated rings. The summed E-state index contributed by atoms with van der Waals surface area (Å²) >= 11 is 0. The van der Waals surface area contributed by atoms with Crippen molar-refractivity contribution in [2.45, 2.75) is 31.8 Å². The van der Waals surface area contributed by atoms with Gasteiger partial charge in [-0.25, -0.2) is 0 Å². The van der Waals surface area contributed by atoms with Gasteiger partial charge in [0.05, 0.1) is 12.7 Å². The van der Waals surface area contributed by atoms with Gasteiger partial charge in [-0.05, 0) is 31.9 Å². The summed E-state index contributed by atoms with van der Waals surface area (Å²) in [7, 11) is 0. The first-order chi connectivity index (χ1) is 8.81. The van der Waals surface area contributed by atoms with E-state index >= 15 is 0 Å². The van der Waals surface area contributed by atoms with Crippen molar-refractivity contribution < 1.29 is 9.47 Å². The molecule has 1 aromatic carbocycles. The largest absolute Gasteiger partial charge is 0.494 e. The van der Waals surface area contributed by atoms with Gasteiger partial charge in [-0.2, -0.15) is 5.26 Å². The van der Waals surface area contributed by atoms with Crippen LogP contribution in [0.2, 0.25) is 0 Å². The second-order valence-electron chi connectivity index (χ2n) is 4.34. The molecule has 0 aromatic heterocycles. The van der Waals surface area contributed by atoms with E-state index in [4.69, 9.17) is 14.7 Å². The SMILES string of the molecule is CCOc1cccc(OCC(C#N)NC2CC2)c1. The molecule has 4 heteroatoms. The predicted molar refractivity (Wildman–Crippen MR) is 68.7 cm³/mol. The van der Waals surface area contributed by atoms with Gasteiger partial charge in [0.1, 0.15) is 24.1 Å². The van der Waals surface area contributed by atoms with Crippen molar-refractivity contribution in [2.75, 3.05) is 13.2 Å². The summed E-state index contributed by atoms with van der Waals surface area (Å²) in [6.07, 6.45) is 2.33. The molecule has 96 valence electrons. The fraction of sp³-hybridized carbons (Fsp3) is 0.500. The highest BCUT2D eigenvalue weighted by molar-refractivity contribution is 5.33. The molecule has 1 aliphatic carbocycles. The Hall–Kier alpha value is -1.73. The first kappa shape index (κ1) is 12.7. The van der Waals surface area contributed by atoms with E-state index in [1.54, 1.807) is 0 Å². The van der Waals surface area contributed by atoms with Crippen molar-refractivity contribution >= 4 is 0 Å². The third-order valence-corrected chi connectivity index (χ3v) is 2.70. The summed E-state index contributed by atoms with van der Waals surface area (Å²) in [6.45, 7) is 2.94. The molecule has 1 unspecified atom stereocenters. The number of nitrogens with one attached hydrogen (secondary N) is 1. The zero-order chi connectivity index (χ0) is 12.8. The van der Waals surface area contributed by atoms with Crippen LogP contribution in [-0.4, -0.2) is 25.3 Å². The first-order valence-electron chi connectivity index (χ1n) is 6.33. The first-order valence-corrected chi connectivity index (χ1v) is 6.33. The van der Waals surface area contributed by atoms with E-state index in [0.717, 1.165) is 24.3 Å². The lowest BCUT2D eigenvalue weighted by Gasteiger charge is -2.13. The number of ether oxygens (including phenoxy) is 2. The van der Waals surface area contributed by atoms with Gasteiger partial charge in [0, 0.05) is 12.1 Å². The number of benzene rings is 1. The minimum Gasteiger partial charge on any atom is -0.494 e. The van der Waals surface area contributed by atoms with E-state index in [0.29, 0.717) is 19.3 Å². The number of nitrogens with zero attached hydrogens (tertiary/aromatic N) is 1. The lowest BCUT2D eigenvalue weighted by Crippen LogP contribution is -2.34. The van der Waals surface area contributed by atoms with Crippen LogP contribution in [0.4, 0.5) is 0 Å². The monoisotopic (exact) mass is 246 g/mol. The van der Waals surface area contributed by atoms with Crippen LogP contribution >= 0.6 is 0 Å². The minimum atomic E-state index is -0.242. The van der Waals surface area contributed by atoms with Crippen LogP contribution in [0, 0.1) is 11.3 Å². The van der Waals surface area contributed by atoms with Gasteiger partial charge < -0.3 is 9.47 Å². The Morgan fingerprint density at radius 2 is 2.11 bits per heavy atom. The molecule has 2 rings (SSSR count). The molecule has 0 heterocycles. The molecule has 0 aliphatic heterocycles. The van der Waals surface area contributed by atoms with Crippen LogP contribution < -0.4 is 14.8 Å². The molecule has 4 nitrogen and oxygen atoms in total. The Kier molecular flexibility index (Phi) is 4.43. The van der Waals surface area contributed by atoms with Crippen LogP contribution in [0.25, 0.3) is 0 Å². The lowest BCUT2D eigenvalue weighted by atomic mass is 10.3. The summed E-state index contributed by atoms with van der Waals surface area (Å²) in [5.41, 5.74) is 0. The Bertz CT molecular complexity index is 424. The van der Waals surface area contributed by atoms with Crippen molar-refractivity contribution in [3.63, 3.8) is 0 Å². The topological polar surface area (TPSA) is 54.3 Å². The highest BCUT2D eigenvalue weighted by Crippen LogP contribution is 2.21. The van der Waals surface area contributed by atoms with Crippen LogP contribution in [0.15, 0.2) is 24.3 Å². The molecule has 0 amide bonds. The van der Waals surface area contributed by atoms with Gasteiger partial charge in [-0.1, -0.05) is 6.07 Å². The molecule has 1 atom stereocenters. The van der Waals surface area contributed by atoms with Gasteiger partial charge in [0.15, 0.2) is 0 Å². The van der Waals surface area contributed by atoms with E-state index in [-0.39, 0.29) is 6.04 Å². The van der Waals surface area contributed by atoms with Gasteiger partial charge in [-0.3, -0.25) is 5.32 Å². The fourth-order valence-electron chi connectivity index (χ4n) is 1.66. The van der Waals surface area contributed by atoms with Crippen molar-refractivity contribution in [1.29, 1.82) is 5.26 Å². The molecule has 1 N–H and O–H groups in total. The minimum absolute atomic E-state index is 0.242. The fourth-order valence-corrected chi connectivity index (χ4v) is 1.66. The normalized spacial score (nSPS) is 15.8. The van der Waals surface area contributed by atoms with Gasteiger partial charge in [-0.15, -0.1) is 0 Å². The van der Waals surface area contributed by atoms with Crippen molar-refractivity contribution in [3.05, 3.63) is 24.3 Å². The maximum atomic E-state index is 9.00. The molecule has 0 saturated heterocycles. The van der Waals surface area contributed by atoms with E-state index in [9.17, 15) is 0 Å². The molecule has 0 radical (unpaired) electrons.